The highest BCUT2D eigenvalue weighted by Gasteiger charge is 2.08. The molecule has 0 fully saturated rings. The van der Waals surface area contributed by atoms with E-state index in [4.69, 9.17) is 5.11 Å². The van der Waals surface area contributed by atoms with Crippen LogP contribution in [0.1, 0.15) is 56.6 Å². The summed E-state index contributed by atoms with van der Waals surface area (Å²) in [5.41, 5.74) is 1.83. The van der Waals surface area contributed by atoms with Crippen molar-refractivity contribution in [2.45, 2.75) is 51.9 Å². The summed E-state index contributed by atoms with van der Waals surface area (Å²) in [4.78, 5) is 10.1. The molecule has 0 bridgehead atoms. The molecule has 0 amide bonds. The number of aliphatic hydroxyl groups excluding tert-OH is 1. The zero-order valence-electron chi connectivity index (χ0n) is 12.8. The summed E-state index contributed by atoms with van der Waals surface area (Å²) in [5.74, 6) is 0. The Hall–Kier alpha value is -1.68. The topological polar surface area (TPSA) is 63.4 Å². The zero-order valence-corrected chi connectivity index (χ0v) is 12.8. The average molecular weight is 291 g/mol. The fourth-order valence-electron chi connectivity index (χ4n) is 2.24. The first-order valence-corrected chi connectivity index (χ1v) is 7.72. The van der Waals surface area contributed by atoms with E-state index in [2.05, 4.69) is 6.92 Å². The Kier molecular flexibility index (Phi) is 8.36. The van der Waals surface area contributed by atoms with Crippen LogP contribution in [0.5, 0.6) is 0 Å². The molecule has 0 saturated heterocycles. The van der Waals surface area contributed by atoms with Crippen LogP contribution >= 0.6 is 0 Å². The van der Waals surface area contributed by atoms with Crippen molar-refractivity contribution in [1.29, 1.82) is 0 Å². The molecule has 4 nitrogen and oxygen atoms in total. The van der Waals surface area contributed by atoms with Gasteiger partial charge in [0.25, 0.3) is 5.70 Å². The first kappa shape index (κ1) is 17.4. The monoisotopic (exact) mass is 291 g/mol. The molecule has 0 aliphatic rings. The molecular weight excluding hydrogens is 266 g/mol. The molecule has 1 aromatic carbocycles. The highest BCUT2D eigenvalue weighted by atomic mass is 16.6. The summed E-state index contributed by atoms with van der Waals surface area (Å²) < 4.78 is 0. The van der Waals surface area contributed by atoms with E-state index in [1.165, 1.54) is 50.2 Å². The van der Waals surface area contributed by atoms with Crippen molar-refractivity contribution in [3.8, 4) is 0 Å². The normalized spacial score (nSPS) is 11.6. The molecule has 0 aromatic heterocycles. The second-order valence-electron chi connectivity index (χ2n) is 5.31. The Bertz CT molecular complexity index is 452. The number of hydrogen-bond acceptors (Lipinski definition) is 3. The summed E-state index contributed by atoms with van der Waals surface area (Å²) in [6.45, 7) is 1.67. The lowest BCUT2D eigenvalue weighted by Crippen LogP contribution is -2.02. The highest BCUT2D eigenvalue weighted by molar-refractivity contribution is 5.51. The van der Waals surface area contributed by atoms with Gasteiger partial charge in [0.15, 0.2) is 0 Å². The number of hydrogen-bond donors (Lipinski definition) is 1. The van der Waals surface area contributed by atoms with E-state index in [1.54, 1.807) is 0 Å². The molecule has 0 radical (unpaired) electrons. The number of aliphatic hydroxyl groups is 1. The van der Waals surface area contributed by atoms with Crippen LogP contribution in [-0.4, -0.2) is 16.6 Å². The Morgan fingerprint density at radius 3 is 2.33 bits per heavy atom. The van der Waals surface area contributed by atoms with E-state index in [9.17, 15) is 10.1 Å². The molecule has 21 heavy (non-hydrogen) atoms. The largest absolute Gasteiger partial charge is 0.385 e. The molecule has 0 heterocycles. The van der Waals surface area contributed by atoms with Gasteiger partial charge in [0.2, 0.25) is 0 Å². The molecule has 0 atom stereocenters. The van der Waals surface area contributed by atoms with E-state index >= 15 is 0 Å². The van der Waals surface area contributed by atoms with Gasteiger partial charge in [-0.1, -0.05) is 63.3 Å². The molecule has 0 aliphatic heterocycles. The zero-order chi connectivity index (χ0) is 15.5. The van der Waals surface area contributed by atoms with Crippen LogP contribution in [0.25, 0.3) is 6.08 Å². The third-order valence-electron chi connectivity index (χ3n) is 3.53. The highest BCUT2D eigenvalue weighted by Crippen LogP contribution is 2.13. The van der Waals surface area contributed by atoms with Gasteiger partial charge in [-0.3, -0.25) is 10.1 Å². The fraction of sp³-hybridized carbons (Fsp3) is 0.529. The molecule has 0 spiro atoms. The van der Waals surface area contributed by atoms with Crippen LogP contribution in [0, 0.1) is 10.1 Å². The molecule has 116 valence electrons. The SMILES string of the molecule is CCCCCCCCc1ccc(C=C(CO)[N+](=O)[O-])cc1. The van der Waals surface area contributed by atoms with Gasteiger partial charge >= 0.3 is 0 Å². The van der Waals surface area contributed by atoms with Gasteiger partial charge in [0, 0.05) is 6.08 Å². The predicted molar refractivity (Wildman–Crippen MR) is 85.6 cm³/mol. The molecule has 1 aromatic rings. The second-order valence-corrected chi connectivity index (χ2v) is 5.31. The molecule has 0 saturated carbocycles. The van der Waals surface area contributed by atoms with Crippen LogP contribution in [0.2, 0.25) is 0 Å². The minimum atomic E-state index is -0.551. The van der Waals surface area contributed by atoms with Crippen molar-refractivity contribution in [3.63, 3.8) is 0 Å². The number of nitro groups is 1. The van der Waals surface area contributed by atoms with Crippen molar-refractivity contribution < 1.29 is 10.0 Å². The minimum absolute atomic E-state index is 0.182. The van der Waals surface area contributed by atoms with Crippen molar-refractivity contribution in [1.82, 2.24) is 0 Å². The Labute approximate surface area is 126 Å². The summed E-state index contributed by atoms with van der Waals surface area (Å²) in [6, 6.07) is 7.75. The number of unbranched alkanes of at least 4 members (excludes halogenated alkanes) is 5. The van der Waals surface area contributed by atoms with Crippen LogP contribution in [0.4, 0.5) is 0 Å². The molecule has 4 heteroatoms. The summed E-state index contributed by atoms with van der Waals surface area (Å²) in [5, 5.41) is 19.5. The molecule has 0 aliphatic carbocycles. The molecule has 0 unspecified atom stereocenters. The van der Waals surface area contributed by atoms with E-state index in [1.807, 2.05) is 24.3 Å². The smallest absolute Gasteiger partial charge is 0.271 e. The van der Waals surface area contributed by atoms with Crippen molar-refractivity contribution in [3.05, 3.63) is 51.2 Å². The third kappa shape index (κ3) is 7.04. The second kappa shape index (κ2) is 10.1. The maximum atomic E-state index is 10.6. The van der Waals surface area contributed by atoms with E-state index in [0.29, 0.717) is 0 Å². The van der Waals surface area contributed by atoms with Crippen LogP contribution < -0.4 is 0 Å². The van der Waals surface area contributed by atoms with Crippen molar-refractivity contribution in [2.75, 3.05) is 6.61 Å². The number of benzene rings is 1. The first-order chi connectivity index (χ1) is 10.2. The maximum absolute atomic E-state index is 10.6. The van der Waals surface area contributed by atoms with Gasteiger partial charge in [0.05, 0.1) is 4.92 Å². The number of aryl methyl sites for hydroxylation is 1. The standard InChI is InChI=1S/C17H25NO3/c1-2-3-4-5-6-7-8-15-9-11-16(12-10-15)13-17(14-19)18(20)21/h9-13,19H,2-8,14H2,1H3. The van der Waals surface area contributed by atoms with Gasteiger partial charge in [-0.15, -0.1) is 0 Å². The van der Waals surface area contributed by atoms with Crippen molar-refractivity contribution in [2.24, 2.45) is 0 Å². The number of nitrogens with zero attached hydrogens (tertiary/aromatic N) is 1. The lowest BCUT2D eigenvalue weighted by molar-refractivity contribution is -0.428. The fourth-order valence-corrected chi connectivity index (χ4v) is 2.24. The van der Waals surface area contributed by atoms with Gasteiger partial charge in [-0.25, -0.2) is 0 Å². The van der Waals surface area contributed by atoms with Crippen LogP contribution in [0.15, 0.2) is 30.0 Å². The van der Waals surface area contributed by atoms with Gasteiger partial charge in [0.1, 0.15) is 6.61 Å². The van der Waals surface area contributed by atoms with E-state index in [-0.39, 0.29) is 5.70 Å². The molecular formula is C17H25NO3. The van der Waals surface area contributed by atoms with Crippen LogP contribution in [0.3, 0.4) is 0 Å². The van der Waals surface area contributed by atoms with E-state index in [0.717, 1.165) is 12.0 Å². The Morgan fingerprint density at radius 1 is 1.14 bits per heavy atom. The van der Waals surface area contributed by atoms with E-state index < -0.39 is 11.5 Å². The average Bonchev–Trinajstić information content (AvgIpc) is 2.49. The first-order valence-electron chi connectivity index (χ1n) is 7.72. The number of rotatable bonds is 10. The third-order valence-corrected chi connectivity index (χ3v) is 3.53. The summed E-state index contributed by atoms with van der Waals surface area (Å²) >= 11 is 0. The van der Waals surface area contributed by atoms with Gasteiger partial charge in [-0.2, -0.15) is 0 Å². The predicted octanol–water partition coefficient (Wildman–Crippen LogP) is 4.20. The van der Waals surface area contributed by atoms with Gasteiger partial charge in [-0.05, 0) is 24.0 Å². The Morgan fingerprint density at radius 2 is 1.76 bits per heavy atom. The quantitative estimate of drug-likeness (QED) is 0.399. The van der Waals surface area contributed by atoms with Crippen LogP contribution in [-0.2, 0) is 6.42 Å². The maximum Gasteiger partial charge on any atom is 0.271 e. The lowest BCUT2D eigenvalue weighted by atomic mass is 10.0. The van der Waals surface area contributed by atoms with Gasteiger partial charge < -0.3 is 5.11 Å². The summed E-state index contributed by atoms with van der Waals surface area (Å²) in [6.07, 6.45) is 10.1. The van der Waals surface area contributed by atoms with Crippen molar-refractivity contribution >= 4 is 6.08 Å². The minimum Gasteiger partial charge on any atom is -0.385 e. The Balaban J connectivity index is 2.42. The molecule has 1 N–H and O–H groups in total. The molecule has 1 rings (SSSR count). The lowest BCUT2D eigenvalue weighted by Gasteiger charge is -2.03. The summed E-state index contributed by atoms with van der Waals surface area (Å²) in [7, 11) is 0.